The highest BCUT2D eigenvalue weighted by Gasteiger charge is 2.28. The first-order valence-electron chi connectivity index (χ1n) is 8.08. The number of hydrogen-bond donors (Lipinski definition) is 1. The third-order valence-corrected chi connectivity index (χ3v) is 3.75. The van der Waals surface area contributed by atoms with E-state index in [1.165, 1.54) is 12.1 Å². The van der Waals surface area contributed by atoms with E-state index in [1.807, 2.05) is 13.8 Å². The summed E-state index contributed by atoms with van der Waals surface area (Å²) in [6.07, 6.45) is -0.0194. The average molecular weight is 451 g/mol. The molecule has 1 aliphatic heterocycles. The molecule has 1 N–H and O–H groups in total. The molecule has 5 nitrogen and oxygen atoms in total. The summed E-state index contributed by atoms with van der Waals surface area (Å²) in [7, 11) is 1.77. The number of rotatable bonds is 5. The van der Waals surface area contributed by atoms with E-state index in [9.17, 15) is 4.39 Å². The molecule has 2 unspecified atom stereocenters. The molecular weight excluding hydrogens is 424 g/mol. The van der Waals surface area contributed by atoms with Crippen molar-refractivity contribution in [3.05, 3.63) is 35.6 Å². The molecular formula is C17H27FIN3O2. The fourth-order valence-corrected chi connectivity index (χ4v) is 2.70. The van der Waals surface area contributed by atoms with Gasteiger partial charge in [0, 0.05) is 26.7 Å². The number of aliphatic imine (C=N–C) groups is 1. The van der Waals surface area contributed by atoms with Gasteiger partial charge in [0.05, 0.1) is 19.3 Å². The van der Waals surface area contributed by atoms with Gasteiger partial charge in [0.2, 0.25) is 0 Å². The van der Waals surface area contributed by atoms with E-state index in [2.05, 4.69) is 15.2 Å². The summed E-state index contributed by atoms with van der Waals surface area (Å²) >= 11 is 0. The van der Waals surface area contributed by atoms with Crippen LogP contribution in [0.1, 0.15) is 25.5 Å². The Kier molecular flexibility index (Phi) is 9.53. The fourth-order valence-electron chi connectivity index (χ4n) is 2.70. The molecule has 0 spiro atoms. The monoisotopic (exact) mass is 451 g/mol. The molecule has 136 valence electrons. The molecule has 0 amide bonds. The van der Waals surface area contributed by atoms with Crippen molar-refractivity contribution in [2.24, 2.45) is 4.99 Å². The summed E-state index contributed by atoms with van der Waals surface area (Å²) < 4.78 is 24.5. The quantitative estimate of drug-likeness (QED) is 0.324. The second-order valence-corrected chi connectivity index (χ2v) is 5.56. The molecule has 2 rings (SSSR count). The van der Waals surface area contributed by atoms with Crippen LogP contribution in [0.4, 0.5) is 4.39 Å². The lowest BCUT2D eigenvalue weighted by atomic mass is 10.1. The van der Waals surface area contributed by atoms with Gasteiger partial charge in [-0.25, -0.2) is 4.39 Å². The second-order valence-electron chi connectivity index (χ2n) is 5.56. The van der Waals surface area contributed by atoms with Crippen molar-refractivity contribution in [3.8, 4) is 0 Å². The summed E-state index contributed by atoms with van der Waals surface area (Å²) in [5.41, 5.74) is 0.979. The molecule has 0 bridgehead atoms. The molecule has 1 saturated heterocycles. The second kappa shape index (κ2) is 10.8. The smallest absolute Gasteiger partial charge is 0.193 e. The molecule has 0 aromatic heterocycles. The number of nitrogens with zero attached hydrogens (tertiary/aromatic N) is 2. The number of hydrogen-bond acceptors (Lipinski definition) is 3. The zero-order valence-corrected chi connectivity index (χ0v) is 16.8. The molecule has 1 aliphatic rings. The number of benzene rings is 1. The Labute approximate surface area is 160 Å². The molecule has 2 atom stereocenters. The number of guanidine groups is 1. The molecule has 1 aromatic carbocycles. The van der Waals surface area contributed by atoms with Gasteiger partial charge in [-0.1, -0.05) is 12.1 Å². The first-order valence-corrected chi connectivity index (χ1v) is 8.08. The van der Waals surface area contributed by atoms with Gasteiger partial charge in [-0.2, -0.15) is 0 Å². The van der Waals surface area contributed by atoms with E-state index in [4.69, 9.17) is 9.47 Å². The molecule has 0 saturated carbocycles. The minimum atomic E-state index is -0.233. The van der Waals surface area contributed by atoms with Crippen molar-refractivity contribution < 1.29 is 13.9 Å². The van der Waals surface area contributed by atoms with Crippen LogP contribution in [-0.4, -0.2) is 56.9 Å². The van der Waals surface area contributed by atoms with Crippen LogP contribution in [0.3, 0.4) is 0 Å². The Morgan fingerprint density at radius 3 is 2.71 bits per heavy atom. The zero-order valence-electron chi connectivity index (χ0n) is 14.5. The van der Waals surface area contributed by atoms with E-state index < -0.39 is 0 Å². The Hall–Kier alpha value is -0.930. The lowest BCUT2D eigenvalue weighted by Gasteiger charge is -2.38. The van der Waals surface area contributed by atoms with E-state index in [0.29, 0.717) is 26.3 Å². The van der Waals surface area contributed by atoms with Gasteiger partial charge >= 0.3 is 0 Å². The molecule has 1 aromatic rings. The van der Waals surface area contributed by atoms with Gasteiger partial charge in [0.25, 0.3) is 0 Å². The molecule has 1 heterocycles. The lowest BCUT2D eigenvalue weighted by molar-refractivity contribution is -0.0605. The van der Waals surface area contributed by atoms with Gasteiger partial charge in [-0.15, -0.1) is 24.0 Å². The predicted molar refractivity (Wildman–Crippen MR) is 105 cm³/mol. The average Bonchev–Trinajstić information content (AvgIpc) is 2.55. The van der Waals surface area contributed by atoms with Crippen LogP contribution in [0.2, 0.25) is 0 Å². The highest BCUT2D eigenvalue weighted by atomic mass is 127. The van der Waals surface area contributed by atoms with Gasteiger partial charge < -0.3 is 19.7 Å². The SMILES string of the molecule is CCOCCNC(=NC)N1CC(C)OC(c2ccc(F)cc2)C1.I. The maximum Gasteiger partial charge on any atom is 0.193 e. The molecule has 0 radical (unpaired) electrons. The van der Waals surface area contributed by atoms with Gasteiger partial charge in [0.1, 0.15) is 11.9 Å². The summed E-state index contributed by atoms with van der Waals surface area (Å²) in [6, 6.07) is 6.50. The third-order valence-electron chi connectivity index (χ3n) is 3.75. The van der Waals surface area contributed by atoms with E-state index >= 15 is 0 Å². The number of morpholine rings is 1. The third kappa shape index (κ3) is 6.18. The van der Waals surface area contributed by atoms with Crippen LogP contribution in [0.15, 0.2) is 29.3 Å². The maximum atomic E-state index is 13.1. The van der Waals surface area contributed by atoms with Crippen molar-refractivity contribution in [1.82, 2.24) is 10.2 Å². The normalized spacial score (nSPS) is 21.3. The standard InChI is InChI=1S/C17H26FN3O2.HI/c1-4-22-10-9-20-17(19-3)21-11-13(2)23-16(12-21)14-5-7-15(18)8-6-14;/h5-8,13,16H,4,9-12H2,1-3H3,(H,19,20);1H. The first kappa shape index (κ1) is 21.1. The summed E-state index contributed by atoms with van der Waals surface area (Å²) in [5, 5.41) is 3.31. The van der Waals surface area contributed by atoms with Crippen molar-refractivity contribution in [2.45, 2.75) is 26.1 Å². The predicted octanol–water partition coefficient (Wildman–Crippen LogP) is 2.82. The molecule has 7 heteroatoms. The summed E-state index contributed by atoms with van der Waals surface area (Å²) in [5.74, 6) is 0.606. The van der Waals surface area contributed by atoms with E-state index in [-0.39, 0.29) is 42.0 Å². The maximum absolute atomic E-state index is 13.1. The van der Waals surface area contributed by atoms with Crippen LogP contribution in [0, 0.1) is 5.82 Å². The van der Waals surface area contributed by atoms with E-state index in [0.717, 1.165) is 18.1 Å². The van der Waals surface area contributed by atoms with Gasteiger partial charge in [-0.05, 0) is 31.5 Å². The van der Waals surface area contributed by atoms with Crippen molar-refractivity contribution in [3.63, 3.8) is 0 Å². The summed E-state index contributed by atoms with van der Waals surface area (Å²) in [6.45, 7) is 7.55. The largest absolute Gasteiger partial charge is 0.380 e. The summed E-state index contributed by atoms with van der Waals surface area (Å²) in [4.78, 5) is 6.52. The minimum absolute atomic E-state index is 0. The first-order chi connectivity index (χ1) is 11.1. The Morgan fingerprint density at radius 1 is 1.38 bits per heavy atom. The van der Waals surface area contributed by atoms with Crippen LogP contribution in [0.5, 0.6) is 0 Å². The van der Waals surface area contributed by atoms with Crippen LogP contribution in [0.25, 0.3) is 0 Å². The van der Waals surface area contributed by atoms with Gasteiger partial charge in [0.15, 0.2) is 5.96 Å². The van der Waals surface area contributed by atoms with Crippen LogP contribution in [-0.2, 0) is 9.47 Å². The Morgan fingerprint density at radius 2 is 2.08 bits per heavy atom. The van der Waals surface area contributed by atoms with E-state index in [1.54, 1.807) is 19.2 Å². The van der Waals surface area contributed by atoms with Crippen molar-refractivity contribution in [1.29, 1.82) is 0 Å². The minimum Gasteiger partial charge on any atom is -0.380 e. The fraction of sp³-hybridized carbons (Fsp3) is 0.588. The lowest BCUT2D eigenvalue weighted by Crippen LogP contribution is -2.51. The van der Waals surface area contributed by atoms with Gasteiger partial charge in [-0.3, -0.25) is 4.99 Å². The van der Waals surface area contributed by atoms with Crippen molar-refractivity contribution >= 4 is 29.9 Å². The number of nitrogens with one attached hydrogen (secondary N) is 1. The number of halogens is 2. The van der Waals surface area contributed by atoms with Crippen molar-refractivity contribution in [2.75, 3.05) is 39.9 Å². The molecule has 1 fully saturated rings. The Balaban J connectivity index is 0.00000288. The molecule has 24 heavy (non-hydrogen) atoms. The van der Waals surface area contributed by atoms with Crippen LogP contribution < -0.4 is 5.32 Å². The molecule has 0 aliphatic carbocycles. The zero-order chi connectivity index (χ0) is 16.7. The number of ether oxygens (including phenoxy) is 2. The Bertz CT molecular complexity index is 513. The highest BCUT2D eigenvalue weighted by molar-refractivity contribution is 14.0. The highest BCUT2D eigenvalue weighted by Crippen LogP contribution is 2.25. The topological polar surface area (TPSA) is 46.1 Å². The van der Waals surface area contributed by atoms with Crippen LogP contribution >= 0.6 is 24.0 Å².